The van der Waals surface area contributed by atoms with Gasteiger partial charge in [-0.1, -0.05) is 18.2 Å². The summed E-state index contributed by atoms with van der Waals surface area (Å²) in [4.78, 5) is 23.0. The molecule has 1 aliphatic heterocycles. The van der Waals surface area contributed by atoms with Gasteiger partial charge in [-0.15, -0.1) is 10.2 Å². The second-order valence-electron chi connectivity index (χ2n) is 7.23. The van der Waals surface area contributed by atoms with Crippen molar-refractivity contribution in [1.29, 1.82) is 0 Å². The summed E-state index contributed by atoms with van der Waals surface area (Å²) >= 11 is 0. The minimum Gasteiger partial charge on any atom is -0.351 e. The lowest BCUT2D eigenvalue weighted by Gasteiger charge is -2.35. The van der Waals surface area contributed by atoms with Gasteiger partial charge in [-0.05, 0) is 49.6 Å². The van der Waals surface area contributed by atoms with E-state index in [1.807, 2.05) is 34.9 Å². The van der Waals surface area contributed by atoms with Crippen LogP contribution in [-0.4, -0.2) is 42.2 Å². The van der Waals surface area contributed by atoms with Gasteiger partial charge in [-0.2, -0.15) is 0 Å². The Kier molecular flexibility index (Phi) is 5.07. The van der Waals surface area contributed by atoms with Gasteiger partial charge in [0, 0.05) is 25.0 Å². The van der Waals surface area contributed by atoms with Crippen LogP contribution < -0.4 is 5.73 Å². The van der Waals surface area contributed by atoms with Crippen molar-refractivity contribution in [2.75, 3.05) is 6.54 Å². The molecule has 0 fully saturated rings. The molecule has 0 radical (unpaired) electrons. The van der Waals surface area contributed by atoms with Gasteiger partial charge in [0.2, 0.25) is 0 Å². The minimum absolute atomic E-state index is 0.202. The average molecular weight is 389 g/mol. The number of aromatic nitrogens is 5. The quantitative estimate of drug-likeness (QED) is 0.738. The van der Waals surface area contributed by atoms with E-state index in [4.69, 9.17) is 10.7 Å². The lowest BCUT2D eigenvalue weighted by molar-refractivity contribution is 0.195. The Bertz CT molecular complexity index is 1040. The van der Waals surface area contributed by atoms with Gasteiger partial charge in [0.1, 0.15) is 18.1 Å². The van der Waals surface area contributed by atoms with Crippen LogP contribution in [0.2, 0.25) is 0 Å². The zero-order valence-electron chi connectivity index (χ0n) is 16.4. The second kappa shape index (κ2) is 7.83. The number of pyridine rings is 2. The SMILES string of the molecule is CC(C)n1cnnc1-c1cccc(C2C(c3cccnc3)=CCCN2C(N)=O)n1. The molecule has 148 valence electrons. The van der Waals surface area contributed by atoms with Gasteiger partial charge in [0.25, 0.3) is 0 Å². The number of primary amides is 1. The molecular weight excluding hydrogens is 366 g/mol. The number of urea groups is 1. The highest BCUT2D eigenvalue weighted by atomic mass is 16.2. The molecule has 3 aromatic heterocycles. The maximum Gasteiger partial charge on any atom is 0.315 e. The van der Waals surface area contributed by atoms with Crippen molar-refractivity contribution in [3.8, 4) is 11.5 Å². The summed E-state index contributed by atoms with van der Waals surface area (Å²) in [6, 6.07) is 8.94. The van der Waals surface area contributed by atoms with Crippen LogP contribution in [0.15, 0.2) is 55.1 Å². The van der Waals surface area contributed by atoms with E-state index in [-0.39, 0.29) is 12.1 Å². The zero-order valence-corrected chi connectivity index (χ0v) is 16.4. The first-order valence-corrected chi connectivity index (χ1v) is 9.59. The summed E-state index contributed by atoms with van der Waals surface area (Å²) in [5, 5.41) is 8.28. The molecule has 0 aromatic carbocycles. The number of rotatable bonds is 4. The molecule has 3 aromatic rings. The molecule has 4 heterocycles. The summed E-state index contributed by atoms with van der Waals surface area (Å²) in [5.74, 6) is 0.690. The van der Waals surface area contributed by atoms with Gasteiger partial charge in [-0.3, -0.25) is 4.98 Å². The number of hydrogen-bond donors (Lipinski definition) is 1. The maximum absolute atomic E-state index is 12.2. The van der Waals surface area contributed by atoms with Crippen molar-refractivity contribution >= 4 is 11.6 Å². The molecule has 8 heteroatoms. The minimum atomic E-state index is -0.470. The van der Waals surface area contributed by atoms with Gasteiger partial charge in [0.15, 0.2) is 5.82 Å². The molecule has 1 unspecified atom stereocenters. The summed E-state index contributed by atoms with van der Waals surface area (Å²) in [5.41, 5.74) is 9.07. The standard InChI is InChI=1S/C21H23N7O/c1-14(2)28-13-24-26-20(28)18-9-3-8-17(25-18)19-16(15-6-4-10-23-12-15)7-5-11-27(19)21(22)29/h3-4,6-10,12-14,19H,5,11H2,1-2H3,(H2,22,29). The number of nitrogens with two attached hydrogens (primary N) is 1. The Morgan fingerprint density at radius 1 is 1.24 bits per heavy atom. The van der Waals surface area contributed by atoms with E-state index in [2.05, 4.69) is 35.1 Å². The Balaban J connectivity index is 1.81. The molecule has 0 aliphatic carbocycles. The van der Waals surface area contributed by atoms with Crippen LogP contribution in [0.4, 0.5) is 4.79 Å². The zero-order chi connectivity index (χ0) is 20.4. The number of carbonyl (C=O) groups is 1. The molecule has 8 nitrogen and oxygen atoms in total. The smallest absolute Gasteiger partial charge is 0.315 e. The Hall–Kier alpha value is -3.55. The molecule has 1 aliphatic rings. The predicted molar refractivity (Wildman–Crippen MR) is 109 cm³/mol. The van der Waals surface area contributed by atoms with E-state index in [1.54, 1.807) is 23.6 Å². The summed E-state index contributed by atoms with van der Waals surface area (Å²) in [6.45, 7) is 4.67. The van der Waals surface area contributed by atoms with Crippen molar-refractivity contribution in [3.63, 3.8) is 0 Å². The Morgan fingerprint density at radius 3 is 2.83 bits per heavy atom. The predicted octanol–water partition coefficient (Wildman–Crippen LogP) is 3.23. The average Bonchev–Trinajstić information content (AvgIpc) is 3.24. The molecule has 0 spiro atoms. The van der Waals surface area contributed by atoms with Gasteiger partial charge in [-0.25, -0.2) is 9.78 Å². The molecule has 29 heavy (non-hydrogen) atoms. The van der Waals surface area contributed by atoms with Crippen LogP contribution in [0.5, 0.6) is 0 Å². The fraction of sp³-hybridized carbons (Fsp3) is 0.286. The van der Waals surface area contributed by atoms with Gasteiger partial charge >= 0.3 is 6.03 Å². The van der Waals surface area contributed by atoms with E-state index >= 15 is 0 Å². The van der Waals surface area contributed by atoms with Crippen LogP contribution in [-0.2, 0) is 0 Å². The van der Waals surface area contributed by atoms with E-state index < -0.39 is 6.03 Å². The largest absolute Gasteiger partial charge is 0.351 e. The van der Waals surface area contributed by atoms with E-state index in [0.29, 0.717) is 18.1 Å². The van der Waals surface area contributed by atoms with Crippen LogP contribution in [0, 0.1) is 0 Å². The van der Waals surface area contributed by atoms with Crippen LogP contribution in [0.3, 0.4) is 0 Å². The number of hydrogen-bond acceptors (Lipinski definition) is 5. The molecule has 0 saturated heterocycles. The molecule has 0 saturated carbocycles. The highest BCUT2D eigenvalue weighted by Crippen LogP contribution is 2.38. The lowest BCUT2D eigenvalue weighted by atomic mass is 9.91. The topological polar surface area (TPSA) is 103 Å². The lowest BCUT2D eigenvalue weighted by Crippen LogP contribution is -2.42. The molecule has 4 rings (SSSR count). The van der Waals surface area contributed by atoms with Gasteiger partial charge < -0.3 is 15.2 Å². The number of nitrogens with zero attached hydrogens (tertiary/aromatic N) is 6. The van der Waals surface area contributed by atoms with E-state index in [9.17, 15) is 4.79 Å². The summed E-state index contributed by atoms with van der Waals surface area (Å²) in [7, 11) is 0. The normalized spacial score (nSPS) is 16.7. The van der Waals surface area contributed by atoms with Crippen LogP contribution >= 0.6 is 0 Å². The van der Waals surface area contributed by atoms with Crippen molar-refractivity contribution in [3.05, 3.63) is 66.4 Å². The Labute approximate surface area is 169 Å². The van der Waals surface area contributed by atoms with Crippen molar-refractivity contribution < 1.29 is 4.79 Å². The molecule has 1 atom stereocenters. The van der Waals surface area contributed by atoms with Crippen LogP contribution in [0.25, 0.3) is 17.1 Å². The van der Waals surface area contributed by atoms with Crippen molar-refractivity contribution in [2.45, 2.75) is 32.4 Å². The number of carbonyl (C=O) groups excluding carboxylic acids is 1. The molecule has 0 bridgehead atoms. The first kappa shape index (κ1) is 18.8. The fourth-order valence-electron chi connectivity index (χ4n) is 3.67. The molecular formula is C21H23N7O. The highest BCUT2D eigenvalue weighted by molar-refractivity contribution is 5.80. The van der Waals surface area contributed by atoms with Crippen molar-refractivity contribution in [2.24, 2.45) is 5.73 Å². The summed E-state index contributed by atoms with van der Waals surface area (Å²) in [6.07, 6.45) is 8.08. The first-order chi connectivity index (χ1) is 14.1. The third-order valence-electron chi connectivity index (χ3n) is 5.03. The van der Waals surface area contributed by atoms with E-state index in [1.165, 1.54) is 0 Å². The number of amides is 2. The first-order valence-electron chi connectivity index (χ1n) is 9.59. The fourth-order valence-corrected chi connectivity index (χ4v) is 3.67. The maximum atomic E-state index is 12.2. The van der Waals surface area contributed by atoms with Crippen molar-refractivity contribution in [1.82, 2.24) is 29.6 Å². The monoisotopic (exact) mass is 389 g/mol. The van der Waals surface area contributed by atoms with Gasteiger partial charge in [0.05, 0.1) is 5.69 Å². The van der Waals surface area contributed by atoms with E-state index in [0.717, 1.165) is 23.3 Å². The Morgan fingerprint density at radius 2 is 2.10 bits per heavy atom. The third kappa shape index (κ3) is 3.61. The summed E-state index contributed by atoms with van der Waals surface area (Å²) < 4.78 is 1.97. The molecule has 2 amide bonds. The van der Waals surface area contributed by atoms with Crippen LogP contribution in [0.1, 0.15) is 43.6 Å². The third-order valence-corrected chi connectivity index (χ3v) is 5.03. The highest BCUT2D eigenvalue weighted by Gasteiger charge is 2.32. The molecule has 2 N–H and O–H groups in total. The second-order valence-corrected chi connectivity index (χ2v) is 7.23.